The van der Waals surface area contributed by atoms with Crippen LogP contribution in [0.3, 0.4) is 0 Å². The molecule has 0 spiro atoms. The molecular weight excluding hydrogens is 651 g/mol. The van der Waals surface area contributed by atoms with Gasteiger partial charge >= 0.3 is 5.97 Å². The molecule has 224 valence electrons. The number of unbranched alkanes of at least 4 members (excludes halogenated alkanes) is 1. The fourth-order valence-corrected chi connectivity index (χ4v) is 7.47. The molecular formula is C31H43IN4O4S. The van der Waals surface area contributed by atoms with Crippen molar-refractivity contribution in [2.75, 3.05) is 48.5 Å². The summed E-state index contributed by atoms with van der Waals surface area (Å²) in [6.45, 7) is 8.69. The summed E-state index contributed by atoms with van der Waals surface area (Å²) >= 11 is 3.96. The van der Waals surface area contributed by atoms with Crippen LogP contribution in [0.15, 0.2) is 29.4 Å². The second-order valence-corrected chi connectivity index (χ2v) is 13.5. The summed E-state index contributed by atoms with van der Waals surface area (Å²) in [5.74, 6) is 4.99. The number of hydrogen-bond acceptors (Lipinski definition) is 9. The molecule has 4 aliphatic heterocycles. The largest absolute Gasteiger partial charge is 0.486 e. The summed E-state index contributed by atoms with van der Waals surface area (Å²) in [5, 5.41) is 0. The molecule has 0 aromatic carbocycles. The molecule has 0 N–H and O–H groups in total. The second kappa shape index (κ2) is 15.0. The summed E-state index contributed by atoms with van der Waals surface area (Å²) in [6.07, 6.45) is 13.7. The Kier molecular flexibility index (Phi) is 11.1. The van der Waals surface area contributed by atoms with Crippen LogP contribution >= 0.6 is 34.4 Å². The van der Waals surface area contributed by atoms with E-state index in [4.69, 9.17) is 14.2 Å². The Morgan fingerprint density at radius 2 is 1.71 bits per heavy atom. The van der Waals surface area contributed by atoms with E-state index < -0.39 is 0 Å². The Bertz CT molecular complexity index is 1170. The first kappa shape index (κ1) is 30.5. The molecule has 0 saturated carbocycles. The van der Waals surface area contributed by atoms with Crippen LogP contribution in [-0.4, -0.2) is 66.7 Å². The highest BCUT2D eigenvalue weighted by Crippen LogP contribution is 2.42. The molecule has 0 aliphatic carbocycles. The zero-order valence-corrected chi connectivity index (χ0v) is 27.3. The zero-order chi connectivity index (χ0) is 28.6. The molecule has 0 amide bonds. The lowest BCUT2D eigenvalue weighted by Gasteiger charge is -2.33. The Morgan fingerprint density at radius 1 is 1.05 bits per heavy atom. The minimum Gasteiger partial charge on any atom is -0.486 e. The van der Waals surface area contributed by atoms with Gasteiger partial charge in [0, 0.05) is 31.2 Å². The average molecular weight is 695 g/mol. The number of pyridine rings is 2. The third kappa shape index (κ3) is 7.53. The van der Waals surface area contributed by atoms with Crippen molar-refractivity contribution >= 4 is 52.0 Å². The van der Waals surface area contributed by atoms with Crippen molar-refractivity contribution in [1.29, 1.82) is 0 Å². The van der Waals surface area contributed by atoms with Gasteiger partial charge in [0.15, 0.2) is 23.1 Å². The van der Waals surface area contributed by atoms with Crippen LogP contribution in [0.2, 0.25) is 0 Å². The lowest BCUT2D eigenvalue weighted by atomic mass is 10.0. The van der Waals surface area contributed by atoms with E-state index in [1.165, 1.54) is 38.5 Å². The van der Waals surface area contributed by atoms with Crippen molar-refractivity contribution in [2.24, 2.45) is 5.92 Å². The summed E-state index contributed by atoms with van der Waals surface area (Å²) in [5.41, 5.74) is 0. The van der Waals surface area contributed by atoms with E-state index in [0.717, 1.165) is 70.7 Å². The summed E-state index contributed by atoms with van der Waals surface area (Å²) in [6, 6.07) is 5.02. The first-order valence-electron chi connectivity index (χ1n) is 15.3. The van der Waals surface area contributed by atoms with E-state index >= 15 is 0 Å². The van der Waals surface area contributed by atoms with E-state index in [1.807, 2.05) is 24.5 Å². The van der Waals surface area contributed by atoms with Crippen molar-refractivity contribution in [2.45, 2.75) is 88.6 Å². The topological polar surface area (TPSA) is 77.0 Å². The molecule has 1 unspecified atom stereocenters. The highest BCUT2D eigenvalue weighted by atomic mass is 127. The molecule has 0 bridgehead atoms. The SMILES string of the molecule is CCCCC(CC)COC(=O)CCSc1ccnc2c1OC[C@@H]1CCCN21.Ic1ccnc2c1OC[C@@H]1CCCN21. The van der Waals surface area contributed by atoms with Gasteiger partial charge in [-0.05, 0) is 72.7 Å². The van der Waals surface area contributed by atoms with Gasteiger partial charge in [-0.1, -0.05) is 33.1 Å². The van der Waals surface area contributed by atoms with Gasteiger partial charge in [0.05, 0.1) is 33.6 Å². The van der Waals surface area contributed by atoms with Gasteiger partial charge < -0.3 is 24.0 Å². The van der Waals surface area contributed by atoms with Crippen molar-refractivity contribution in [3.63, 3.8) is 0 Å². The smallest absolute Gasteiger partial charge is 0.306 e. The molecule has 2 aromatic heterocycles. The fraction of sp³-hybridized carbons (Fsp3) is 0.645. The maximum absolute atomic E-state index is 12.1. The first-order valence-corrected chi connectivity index (χ1v) is 17.4. The normalized spacial score (nSPS) is 20.9. The molecule has 2 fully saturated rings. The van der Waals surface area contributed by atoms with Crippen LogP contribution < -0.4 is 19.3 Å². The van der Waals surface area contributed by atoms with Gasteiger partial charge in [-0.15, -0.1) is 11.8 Å². The molecule has 3 atom stereocenters. The number of esters is 1. The number of carbonyl (C=O) groups is 1. The predicted molar refractivity (Wildman–Crippen MR) is 173 cm³/mol. The minimum atomic E-state index is -0.0964. The number of ether oxygens (including phenoxy) is 3. The highest BCUT2D eigenvalue weighted by molar-refractivity contribution is 14.1. The van der Waals surface area contributed by atoms with Crippen LogP contribution in [0, 0.1) is 9.49 Å². The molecule has 6 heterocycles. The van der Waals surface area contributed by atoms with E-state index in [0.29, 0.717) is 36.8 Å². The van der Waals surface area contributed by atoms with Crippen molar-refractivity contribution in [1.82, 2.24) is 9.97 Å². The standard InChI is InChI=1S/C21H32N2O3S.C10H11IN2O/c1-3-5-7-16(4-2)14-25-19(24)10-13-27-18-9-11-22-21-20(18)26-15-17-8-6-12-23(17)21;11-8-3-4-12-10-9(8)14-6-7-2-1-5-13(7)10/h9,11,16-17H,3-8,10,12-15H2,1-2H3;3-4,7H,1-2,5-6H2/t16?,17-;7-/m00/s1. The molecule has 2 aromatic rings. The van der Waals surface area contributed by atoms with Crippen molar-refractivity contribution in [3.05, 3.63) is 28.1 Å². The summed E-state index contributed by atoms with van der Waals surface area (Å²) < 4.78 is 18.4. The Hall–Kier alpha value is -1.95. The Balaban J connectivity index is 0.000000200. The molecule has 6 rings (SSSR count). The predicted octanol–water partition coefficient (Wildman–Crippen LogP) is 6.73. The van der Waals surface area contributed by atoms with E-state index in [2.05, 4.69) is 56.2 Å². The van der Waals surface area contributed by atoms with Crippen LogP contribution in [0.4, 0.5) is 11.6 Å². The van der Waals surface area contributed by atoms with E-state index in [1.54, 1.807) is 11.8 Å². The minimum absolute atomic E-state index is 0.0964. The lowest BCUT2D eigenvalue weighted by molar-refractivity contribution is -0.144. The monoisotopic (exact) mass is 694 g/mol. The summed E-state index contributed by atoms with van der Waals surface area (Å²) in [7, 11) is 0. The number of nitrogens with zero attached hydrogens (tertiary/aromatic N) is 4. The van der Waals surface area contributed by atoms with Gasteiger partial charge in [-0.2, -0.15) is 0 Å². The number of carbonyl (C=O) groups excluding carboxylic acids is 1. The third-order valence-electron chi connectivity index (χ3n) is 8.41. The third-order valence-corrected chi connectivity index (χ3v) is 10.3. The second-order valence-electron chi connectivity index (χ2n) is 11.2. The number of thioether (sulfide) groups is 1. The lowest BCUT2D eigenvalue weighted by Crippen LogP contribution is -2.38. The quantitative estimate of drug-likeness (QED) is 0.153. The molecule has 41 heavy (non-hydrogen) atoms. The highest BCUT2D eigenvalue weighted by Gasteiger charge is 2.34. The van der Waals surface area contributed by atoms with Gasteiger partial charge in [0.2, 0.25) is 0 Å². The van der Waals surface area contributed by atoms with E-state index in [-0.39, 0.29) is 5.97 Å². The number of rotatable bonds is 10. The maximum atomic E-state index is 12.1. The van der Waals surface area contributed by atoms with Gasteiger partial charge in [0.1, 0.15) is 13.2 Å². The van der Waals surface area contributed by atoms with Crippen LogP contribution in [0.5, 0.6) is 11.5 Å². The zero-order valence-electron chi connectivity index (χ0n) is 24.4. The number of aromatic nitrogens is 2. The number of fused-ring (bicyclic) bond motifs is 6. The molecule has 2 saturated heterocycles. The average Bonchev–Trinajstić information content (AvgIpc) is 3.68. The van der Waals surface area contributed by atoms with Crippen molar-refractivity contribution < 1.29 is 19.0 Å². The Labute approximate surface area is 262 Å². The van der Waals surface area contributed by atoms with Gasteiger partial charge in [-0.3, -0.25) is 4.79 Å². The number of halogens is 1. The van der Waals surface area contributed by atoms with Crippen LogP contribution in [-0.2, 0) is 9.53 Å². The first-order chi connectivity index (χ1) is 20.1. The van der Waals surface area contributed by atoms with Crippen LogP contribution in [0.25, 0.3) is 0 Å². The van der Waals surface area contributed by atoms with Gasteiger partial charge in [-0.25, -0.2) is 9.97 Å². The molecule has 4 aliphatic rings. The number of anilines is 2. The fourth-order valence-electron chi connectivity index (χ4n) is 5.99. The van der Waals surface area contributed by atoms with Gasteiger partial charge in [0.25, 0.3) is 0 Å². The van der Waals surface area contributed by atoms with Crippen molar-refractivity contribution in [3.8, 4) is 11.5 Å². The van der Waals surface area contributed by atoms with E-state index in [9.17, 15) is 4.79 Å². The number of hydrogen-bond donors (Lipinski definition) is 0. The maximum Gasteiger partial charge on any atom is 0.306 e. The Morgan fingerprint density at radius 3 is 2.39 bits per heavy atom. The molecule has 10 heteroatoms. The van der Waals surface area contributed by atoms with Crippen LogP contribution in [0.1, 0.15) is 71.6 Å². The molecule has 8 nitrogen and oxygen atoms in total. The summed E-state index contributed by atoms with van der Waals surface area (Å²) in [4.78, 5) is 26.9. The molecule has 0 radical (unpaired) electrons.